The van der Waals surface area contributed by atoms with Gasteiger partial charge in [-0.3, -0.25) is 0 Å². The van der Waals surface area contributed by atoms with Crippen molar-refractivity contribution in [1.29, 1.82) is 0 Å². The maximum Gasteiger partial charge on any atom is 0.363 e. The van der Waals surface area contributed by atoms with E-state index >= 15 is 0 Å². The van der Waals surface area contributed by atoms with E-state index in [4.69, 9.17) is 25.8 Å². The molecule has 34 heavy (non-hydrogen) atoms. The number of nitrogens with zero attached hydrogens (tertiary/aromatic N) is 1. The van der Waals surface area contributed by atoms with Gasteiger partial charge in [0, 0.05) is 5.56 Å². The number of ether oxygens (including phenoxy) is 3. The Kier molecular flexibility index (Phi) is 6.98. The number of esters is 1. The fourth-order valence-electron chi connectivity index (χ4n) is 3.45. The van der Waals surface area contributed by atoms with Crippen molar-refractivity contribution in [3.8, 4) is 11.5 Å². The van der Waals surface area contributed by atoms with Crippen molar-refractivity contribution in [2.75, 3.05) is 7.11 Å². The van der Waals surface area contributed by atoms with Crippen LogP contribution in [0.5, 0.6) is 11.5 Å². The molecule has 0 N–H and O–H groups in total. The molecule has 3 aromatic rings. The summed E-state index contributed by atoms with van der Waals surface area (Å²) in [7, 11) is 1.48. The van der Waals surface area contributed by atoms with E-state index in [2.05, 4.69) is 18.8 Å². The Morgan fingerprint density at radius 2 is 1.88 bits per heavy atom. The van der Waals surface area contributed by atoms with Crippen LogP contribution in [0.4, 0.5) is 4.39 Å². The molecular formula is C27H23ClFNO4. The molecule has 1 heterocycles. The molecular weight excluding hydrogens is 457 g/mol. The molecule has 0 aromatic heterocycles. The van der Waals surface area contributed by atoms with Gasteiger partial charge in [-0.2, -0.15) is 0 Å². The number of cyclic esters (lactones) is 1. The fraction of sp³-hybridized carbons (Fsp3) is 0.185. The number of methoxy groups -OCH3 is 1. The Labute approximate surface area is 202 Å². The molecule has 4 rings (SSSR count). The first-order valence-corrected chi connectivity index (χ1v) is 11.1. The van der Waals surface area contributed by atoms with Gasteiger partial charge in [-0.25, -0.2) is 14.2 Å². The van der Waals surface area contributed by atoms with E-state index in [0.717, 1.165) is 5.56 Å². The van der Waals surface area contributed by atoms with Crippen molar-refractivity contribution >= 4 is 29.5 Å². The van der Waals surface area contributed by atoms with Gasteiger partial charge in [0.1, 0.15) is 12.4 Å². The van der Waals surface area contributed by atoms with Crippen LogP contribution < -0.4 is 9.47 Å². The molecule has 7 heteroatoms. The first kappa shape index (κ1) is 23.5. The highest BCUT2D eigenvalue weighted by Crippen LogP contribution is 2.38. The van der Waals surface area contributed by atoms with Crippen LogP contribution in [0.25, 0.3) is 6.08 Å². The van der Waals surface area contributed by atoms with Gasteiger partial charge >= 0.3 is 5.97 Å². The lowest BCUT2D eigenvalue weighted by Gasteiger charge is -2.13. The van der Waals surface area contributed by atoms with Gasteiger partial charge in [0.15, 0.2) is 17.2 Å². The van der Waals surface area contributed by atoms with Gasteiger partial charge in [0.25, 0.3) is 0 Å². The molecule has 0 unspecified atom stereocenters. The van der Waals surface area contributed by atoms with Crippen molar-refractivity contribution in [2.45, 2.75) is 26.4 Å². The zero-order valence-corrected chi connectivity index (χ0v) is 19.7. The standard InChI is InChI=1S/C27H23ClFNO4/c1-16(2)19-7-9-20(10-8-19)26-30-23(27(31)34-26)13-18-12-22(28)25(24(14-18)32-3)33-15-17-5-4-6-21(29)11-17/h4-14,16H,15H2,1-3H3/b23-13-. The Morgan fingerprint density at radius 1 is 1.12 bits per heavy atom. The van der Waals surface area contributed by atoms with E-state index in [1.54, 1.807) is 30.3 Å². The summed E-state index contributed by atoms with van der Waals surface area (Å²) < 4.78 is 30.0. The summed E-state index contributed by atoms with van der Waals surface area (Å²) in [4.78, 5) is 16.8. The van der Waals surface area contributed by atoms with Gasteiger partial charge in [0.2, 0.25) is 5.90 Å². The van der Waals surface area contributed by atoms with E-state index in [1.807, 2.05) is 24.3 Å². The van der Waals surface area contributed by atoms with Crippen LogP contribution in [-0.4, -0.2) is 19.0 Å². The van der Waals surface area contributed by atoms with Crippen molar-refractivity contribution < 1.29 is 23.4 Å². The monoisotopic (exact) mass is 479 g/mol. The zero-order chi connectivity index (χ0) is 24.2. The normalized spacial score (nSPS) is 14.4. The number of benzene rings is 3. The lowest BCUT2D eigenvalue weighted by atomic mass is 10.0. The number of halogens is 2. The SMILES string of the molecule is COc1cc(/C=C2\N=C(c3ccc(C(C)C)cc3)OC2=O)cc(Cl)c1OCc1cccc(F)c1. The van der Waals surface area contributed by atoms with Crippen LogP contribution in [0.1, 0.15) is 42.0 Å². The molecule has 0 radical (unpaired) electrons. The van der Waals surface area contributed by atoms with Crippen LogP contribution in [0.3, 0.4) is 0 Å². The second-order valence-corrected chi connectivity index (χ2v) is 8.47. The highest BCUT2D eigenvalue weighted by atomic mass is 35.5. The van der Waals surface area contributed by atoms with Gasteiger partial charge in [-0.15, -0.1) is 0 Å². The second-order valence-electron chi connectivity index (χ2n) is 8.07. The molecule has 1 aliphatic heterocycles. The van der Waals surface area contributed by atoms with Gasteiger partial charge in [0.05, 0.1) is 12.1 Å². The van der Waals surface area contributed by atoms with Crippen molar-refractivity contribution in [3.63, 3.8) is 0 Å². The number of hydrogen-bond donors (Lipinski definition) is 0. The molecule has 0 bridgehead atoms. The van der Waals surface area contributed by atoms with Crippen molar-refractivity contribution in [1.82, 2.24) is 0 Å². The van der Waals surface area contributed by atoms with E-state index < -0.39 is 5.97 Å². The molecule has 0 aliphatic carbocycles. The third kappa shape index (κ3) is 5.29. The first-order chi connectivity index (χ1) is 16.3. The lowest BCUT2D eigenvalue weighted by Crippen LogP contribution is -2.05. The lowest BCUT2D eigenvalue weighted by molar-refractivity contribution is -0.129. The van der Waals surface area contributed by atoms with E-state index in [0.29, 0.717) is 28.5 Å². The third-order valence-electron chi connectivity index (χ3n) is 5.27. The summed E-state index contributed by atoms with van der Waals surface area (Å²) in [6, 6.07) is 17.2. The number of rotatable bonds is 7. The molecule has 0 atom stereocenters. The molecule has 0 fully saturated rings. The number of hydrogen-bond acceptors (Lipinski definition) is 5. The van der Waals surface area contributed by atoms with Crippen LogP contribution >= 0.6 is 11.6 Å². The van der Waals surface area contributed by atoms with Crippen LogP contribution in [0.15, 0.2) is 71.4 Å². The summed E-state index contributed by atoms with van der Waals surface area (Å²) in [5.74, 6) is 0.442. The predicted octanol–water partition coefficient (Wildman–Crippen LogP) is 6.53. The van der Waals surface area contributed by atoms with E-state index in [-0.39, 0.29) is 29.0 Å². The minimum absolute atomic E-state index is 0.115. The Morgan fingerprint density at radius 3 is 2.56 bits per heavy atom. The molecule has 0 spiro atoms. The van der Waals surface area contributed by atoms with Crippen LogP contribution in [0, 0.1) is 5.82 Å². The average molecular weight is 480 g/mol. The maximum atomic E-state index is 13.4. The molecule has 174 valence electrons. The maximum absolute atomic E-state index is 13.4. The van der Waals surface area contributed by atoms with Crippen LogP contribution in [0.2, 0.25) is 5.02 Å². The molecule has 0 saturated carbocycles. The highest BCUT2D eigenvalue weighted by molar-refractivity contribution is 6.32. The summed E-state index contributed by atoms with van der Waals surface area (Å²) in [6.07, 6.45) is 1.57. The summed E-state index contributed by atoms with van der Waals surface area (Å²) in [6.45, 7) is 4.34. The second kappa shape index (κ2) is 10.1. The zero-order valence-electron chi connectivity index (χ0n) is 19.0. The summed E-state index contributed by atoms with van der Waals surface area (Å²) in [5.41, 5.74) is 3.30. The van der Waals surface area contributed by atoms with Gasteiger partial charge in [-0.05, 0) is 65.1 Å². The largest absolute Gasteiger partial charge is 0.493 e. The first-order valence-electron chi connectivity index (χ1n) is 10.7. The molecule has 3 aromatic carbocycles. The summed E-state index contributed by atoms with van der Waals surface area (Å²) >= 11 is 6.44. The fourth-order valence-corrected chi connectivity index (χ4v) is 3.72. The van der Waals surface area contributed by atoms with E-state index in [9.17, 15) is 9.18 Å². The molecule has 0 saturated heterocycles. The average Bonchev–Trinajstić information content (AvgIpc) is 3.18. The minimum atomic E-state index is -0.551. The van der Waals surface area contributed by atoms with Crippen molar-refractivity contribution in [3.05, 3.63) is 99.5 Å². The van der Waals surface area contributed by atoms with E-state index in [1.165, 1.54) is 24.8 Å². The Balaban J connectivity index is 1.57. The smallest absolute Gasteiger partial charge is 0.363 e. The minimum Gasteiger partial charge on any atom is -0.493 e. The number of aliphatic imine (C=N–C) groups is 1. The van der Waals surface area contributed by atoms with Gasteiger partial charge < -0.3 is 14.2 Å². The molecule has 1 aliphatic rings. The topological polar surface area (TPSA) is 57.1 Å². The number of carbonyl (C=O) groups excluding carboxylic acids is 1. The third-order valence-corrected chi connectivity index (χ3v) is 5.55. The van der Waals surface area contributed by atoms with Crippen molar-refractivity contribution in [2.24, 2.45) is 4.99 Å². The Bertz CT molecular complexity index is 1280. The molecule has 0 amide bonds. The van der Waals surface area contributed by atoms with Gasteiger partial charge in [-0.1, -0.05) is 49.7 Å². The Hall–Kier alpha value is -3.64. The highest BCUT2D eigenvalue weighted by Gasteiger charge is 2.24. The van der Waals surface area contributed by atoms with Crippen LogP contribution in [-0.2, 0) is 16.1 Å². The quantitative estimate of drug-likeness (QED) is 0.285. The summed E-state index contributed by atoms with van der Waals surface area (Å²) in [5, 5.41) is 0.280. The molecule has 5 nitrogen and oxygen atoms in total. The number of carbonyl (C=O) groups is 1. The predicted molar refractivity (Wildman–Crippen MR) is 130 cm³/mol.